The van der Waals surface area contributed by atoms with Gasteiger partial charge in [0.25, 0.3) is 5.03 Å². The van der Waals surface area contributed by atoms with Gasteiger partial charge in [0.05, 0.1) is 0 Å². The number of carbonyl (C=O) groups is 1. The maximum Gasteiger partial charge on any atom is 0.342 e. The van der Waals surface area contributed by atoms with Gasteiger partial charge in [-0.2, -0.15) is 0 Å². The van der Waals surface area contributed by atoms with E-state index in [1.54, 1.807) is 0 Å². The summed E-state index contributed by atoms with van der Waals surface area (Å²) in [5, 5.41) is 8.76. The molecule has 5 heteroatoms. The van der Waals surface area contributed by atoms with Crippen LogP contribution in [0.4, 0.5) is 0 Å². The summed E-state index contributed by atoms with van der Waals surface area (Å²) in [5.74, 6) is -1.10. The van der Waals surface area contributed by atoms with Crippen molar-refractivity contribution >= 4 is 17.1 Å². The molecule has 4 nitrogen and oxygen atoms in total. The first-order valence-electron chi connectivity index (χ1n) is 3.14. The molecule has 0 saturated carbocycles. The quantitative estimate of drug-likeness (QED) is 0.681. The number of nitrogens with zero attached hydrogens (tertiary/aromatic N) is 1. The van der Waals surface area contributed by atoms with Gasteiger partial charge in [-0.3, -0.25) is 0 Å². The van der Waals surface area contributed by atoms with E-state index in [2.05, 4.69) is 4.98 Å². The van der Waals surface area contributed by atoms with Gasteiger partial charge in [0.15, 0.2) is 0 Å². The Bertz CT molecular complexity index is 300. The number of aromatic nitrogens is 1. The second kappa shape index (κ2) is 3.55. The third-order valence-corrected chi connectivity index (χ3v) is 2.14. The van der Waals surface area contributed by atoms with Gasteiger partial charge in [0.1, 0.15) is 11.8 Å². The Kier molecular flexibility index (Phi) is 2.67. The van der Waals surface area contributed by atoms with Gasteiger partial charge in [0, 0.05) is 17.4 Å². The average Bonchev–Trinajstić information content (AvgIpc) is 2.04. The molecule has 0 radical (unpaired) electrons. The second-order valence-electron chi connectivity index (χ2n) is 2.12. The third kappa shape index (κ3) is 1.75. The molecule has 12 heavy (non-hydrogen) atoms. The third-order valence-electron chi connectivity index (χ3n) is 1.27. The van der Waals surface area contributed by atoms with Crippen LogP contribution in [0.2, 0.25) is 0 Å². The highest BCUT2D eigenvalue weighted by molar-refractivity contribution is 7.90. The van der Waals surface area contributed by atoms with Crippen LogP contribution in [0.5, 0.6) is 0 Å². The van der Waals surface area contributed by atoms with Crippen LogP contribution in [0.25, 0.3) is 0 Å². The second-order valence-corrected chi connectivity index (χ2v) is 3.41. The summed E-state index contributed by atoms with van der Waals surface area (Å²) in [6.07, 6.45) is 2.82. The molecule has 1 unspecified atom stereocenters. The molecule has 1 rings (SSSR count). The molecule has 0 aliphatic carbocycles. The van der Waals surface area contributed by atoms with Gasteiger partial charge < -0.3 is 9.66 Å². The number of carboxylic acids is 1. The smallest absolute Gasteiger partial charge is 0.342 e. The summed E-state index contributed by atoms with van der Waals surface area (Å²) in [5.41, 5.74) is -0.00154. The van der Waals surface area contributed by atoms with E-state index >= 15 is 0 Å². The molecular weight excluding hydrogens is 178 g/mol. The molecule has 0 aliphatic rings. The molecular formula is C7H7NO3S. The van der Waals surface area contributed by atoms with Crippen molar-refractivity contribution in [2.75, 3.05) is 6.26 Å². The van der Waals surface area contributed by atoms with E-state index in [9.17, 15) is 9.35 Å². The maximum absolute atomic E-state index is 11.0. The Morgan fingerprint density at radius 3 is 2.83 bits per heavy atom. The van der Waals surface area contributed by atoms with Crippen LogP contribution >= 0.6 is 0 Å². The van der Waals surface area contributed by atoms with E-state index in [0.717, 1.165) is 0 Å². The van der Waals surface area contributed by atoms with E-state index in [-0.39, 0.29) is 10.6 Å². The first kappa shape index (κ1) is 9.02. The Morgan fingerprint density at radius 2 is 2.42 bits per heavy atom. The van der Waals surface area contributed by atoms with Crippen molar-refractivity contribution in [2.45, 2.75) is 5.03 Å². The number of rotatable bonds is 2. The van der Waals surface area contributed by atoms with Crippen LogP contribution in [0.15, 0.2) is 23.4 Å². The predicted octanol–water partition coefficient (Wildman–Crippen LogP) is 0.517. The predicted molar refractivity (Wildman–Crippen MR) is 43.5 cm³/mol. The van der Waals surface area contributed by atoms with Crippen LogP contribution < -0.4 is 0 Å². The molecule has 0 aromatic carbocycles. The number of hydrogen-bond donors (Lipinski definition) is 1. The highest BCUT2D eigenvalue weighted by Crippen LogP contribution is 2.11. The number of carboxylic acid groups (broad SMARTS) is 1. The molecule has 0 saturated heterocycles. The largest absolute Gasteiger partial charge is 0.610 e. The first-order chi connectivity index (χ1) is 5.63. The fraction of sp³-hybridized carbons (Fsp3) is 0.143. The fourth-order valence-corrected chi connectivity index (χ4v) is 1.46. The Labute approximate surface area is 72.4 Å². The number of hydrogen-bond acceptors (Lipinski definition) is 3. The number of aromatic carboxylic acids is 1. The standard InChI is InChI=1S/C7H7NO3S/c1-12(11)6-5(7(9)10)3-2-4-8-6/h2-4H,1H3,(H,9,10). The topological polar surface area (TPSA) is 73.2 Å². The van der Waals surface area contributed by atoms with Gasteiger partial charge in [-0.15, -0.1) is 0 Å². The Morgan fingerprint density at radius 1 is 1.75 bits per heavy atom. The normalized spacial score (nSPS) is 12.5. The lowest BCUT2D eigenvalue weighted by Gasteiger charge is -2.04. The lowest BCUT2D eigenvalue weighted by atomic mass is 10.3. The zero-order valence-electron chi connectivity index (χ0n) is 6.35. The average molecular weight is 185 g/mol. The highest BCUT2D eigenvalue weighted by Gasteiger charge is 2.17. The summed E-state index contributed by atoms with van der Waals surface area (Å²) in [7, 11) is 0. The molecule has 0 spiro atoms. The monoisotopic (exact) mass is 185 g/mol. The Hall–Kier alpha value is -1.07. The summed E-state index contributed by atoms with van der Waals surface area (Å²) in [6, 6.07) is 2.88. The van der Waals surface area contributed by atoms with E-state index in [1.807, 2.05) is 0 Å². The molecule has 1 aromatic heterocycles. The van der Waals surface area contributed by atoms with Crippen LogP contribution in [-0.4, -0.2) is 26.9 Å². The lowest BCUT2D eigenvalue weighted by Crippen LogP contribution is -2.09. The summed E-state index contributed by atoms with van der Waals surface area (Å²) in [4.78, 5) is 14.3. The summed E-state index contributed by atoms with van der Waals surface area (Å²) >= 11 is -1.35. The minimum Gasteiger partial charge on any atom is -0.610 e. The molecule has 64 valence electrons. The zero-order chi connectivity index (χ0) is 9.14. The van der Waals surface area contributed by atoms with Crippen molar-refractivity contribution in [2.24, 2.45) is 0 Å². The SMILES string of the molecule is C[S+]([O-])c1ncccc1C(=O)O. The van der Waals surface area contributed by atoms with E-state index in [4.69, 9.17) is 5.11 Å². The van der Waals surface area contributed by atoms with Gasteiger partial charge >= 0.3 is 5.97 Å². The van der Waals surface area contributed by atoms with Crippen molar-refractivity contribution < 1.29 is 14.5 Å². The van der Waals surface area contributed by atoms with Gasteiger partial charge in [0.2, 0.25) is 0 Å². The Balaban J connectivity index is 3.17. The molecule has 0 bridgehead atoms. The number of pyridine rings is 1. The molecule has 1 atom stereocenters. The van der Waals surface area contributed by atoms with Gasteiger partial charge in [-0.1, -0.05) is 0 Å². The first-order valence-corrected chi connectivity index (χ1v) is 4.70. The van der Waals surface area contributed by atoms with Gasteiger partial charge in [-0.25, -0.2) is 9.78 Å². The van der Waals surface area contributed by atoms with Crippen LogP contribution in [0.1, 0.15) is 10.4 Å². The van der Waals surface area contributed by atoms with Crippen molar-refractivity contribution in [1.82, 2.24) is 4.98 Å². The van der Waals surface area contributed by atoms with Gasteiger partial charge in [-0.05, 0) is 12.1 Å². The molecule has 1 N–H and O–H groups in total. The molecule has 0 amide bonds. The van der Waals surface area contributed by atoms with Crippen molar-refractivity contribution in [1.29, 1.82) is 0 Å². The molecule has 1 heterocycles. The minimum absolute atomic E-state index is 0.00154. The summed E-state index contributed by atoms with van der Waals surface area (Å²) < 4.78 is 11.0. The fourth-order valence-electron chi connectivity index (χ4n) is 0.783. The van der Waals surface area contributed by atoms with E-state index < -0.39 is 17.1 Å². The van der Waals surface area contributed by atoms with Crippen LogP contribution in [0.3, 0.4) is 0 Å². The lowest BCUT2D eigenvalue weighted by molar-refractivity contribution is 0.0692. The molecule has 0 fully saturated rings. The van der Waals surface area contributed by atoms with E-state index in [0.29, 0.717) is 0 Å². The maximum atomic E-state index is 11.0. The minimum atomic E-state index is -1.35. The van der Waals surface area contributed by atoms with Crippen LogP contribution in [-0.2, 0) is 11.2 Å². The summed E-state index contributed by atoms with van der Waals surface area (Å²) in [6.45, 7) is 0. The van der Waals surface area contributed by atoms with E-state index in [1.165, 1.54) is 24.6 Å². The van der Waals surface area contributed by atoms with Crippen molar-refractivity contribution in [3.8, 4) is 0 Å². The molecule has 1 aromatic rings. The molecule has 0 aliphatic heterocycles. The highest BCUT2D eigenvalue weighted by atomic mass is 32.2. The zero-order valence-corrected chi connectivity index (χ0v) is 7.17. The van der Waals surface area contributed by atoms with Crippen molar-refractivity contribution in [3.63, 3.8) is 0 Å². The van der Waals surface area contributed by atoms with Crippen molar-refractivity contribution in [3.05, 3.63) is 23.9 Å². The van der Waals surface area contributed by atoms with Crippen LogP contribution in [0, 0.1) is 0 Å².